The minimum Gasteiger partial charge on any atom is -0.370 e. The quantitative estimate of drug-likeness (QED) is 0.849. The highest BCUT2D eigenvalue weighted by atomic mass is 19.4. The van der Waals surface area contributed by atoms with Crippen LogP contribution >= 0.6 is 0 Å². The van der Waals surface area contributed by atoms with Gasteiger partial charge in [-0.15, -0.1) is 0 Å². The number of rotatable bonds is 4. The second kappa shape index (κ2) is 7.17. The van der Waals surface area contributed by atoms with Crippen LogP contribution in [0.25, 0.3) is 0 Å². The summed E-state index contributed by atoms with van der Waals surface area (Å²) in [5.41, 5.74) is 3.74. The van der Waals surface area contributed by atoms with E-state index >= 15 is 0 Å². The summed E-state index contributed by atoms with van der Waals surface area (Å²) in [4.78, 5) is 13.2. The molecule has 0 aromatic heterocycles. The summed E-state index contributed by atoms with van der Waals surface area (Å²) in [6, 6.07) is 9.07. The van der Waals surface area contributed by atoms with Gasteiger partial charge in [-0.3, -0.25) is 4.79 Å². The lowest BCUT2D eigenvalue weighted by Gasteiger charge is -2.22. The normalized spacial score (nSPS) is 11.3. The van der Waals surface area contributed by atoms with Gasteiger partial charge >= 0.3 is 6.18 Å². The highest BCUT2D eigenvalue weighted by Gasteiger charge is 2.29. The van der Waals surface area contributed by atoms with E-state index in [2.05, 4.69) is 5.32 Å². The Morgan fingerprint density at radius 3 is 2.04 bits per heavy atom. The van der Waals surface area contributed by atoms with Gasteiger partial charge in [0.25, 0.3) is 0 Å². The number of aryl methyl sites for hydroxylation is 2. The largest absolute Gasteiger partial charge is 0.416 e. The zero-order valence-electron chi connectivity index (χ0n) is 14.7. The highest BCUT2D eigenvalue weighted by molar-refractivity contribution is 5.91. The third kappa shape index (κ3) is 4.75. The molecule has 0 aliphatic rings. The topological polar surface area (TPSA) is 32.3 Å². The zero-order valence-corrected chi connectivity index (χ0v) is 14.7. The Labute approximate surface area is 145 Å². The van der Waals surface area contributed by atoms with Crippen molar-refractivity contribution in [3.63, 3.8) is 0 Å². The molecule has 2 aromatic carbocycles. The van der Waals surface area contributed by atoms with Crippen LogP contribution in [0.5, 0.6) is 0 Å². The zero-order chi connectivity index (χ0) is 18.8. The van der Waals surface area contributed by atoms with E-state index in [1.807, 2.05) is 37.9 Å². The predicted octanol–water partition coefficient (Wildman–Crippen LogP) is 4.92. The van der Waals surface area contributed by atoms with Gasteiger partial charge in [0, 0.05) is 31.9 Å². The van der Waals surface area contributed by atoms with Crippen molar-refractivity contribution >= 4 is 17.3 Å². The third-order valence-electron chi connectivity index (χ3n) is 3.96. The summed E-state index contributed by atoms with van der Waals surface area (Å²) < 4.78 is 37.9. The molecule has 0 spiro atoms. The number of benzene rings is 2. The molecule has 6 heteroatoms. The lowest BCUT2D eigenvalue weighted by molar-refractivity contribution is -0.137. The van der Waals surface area contributed by atoms with E-state index in [1.54, 1.807) is 0 Å². The molecule has 0 atom stereocenters. The van der Waals surface area contributed by atoms with Gasteiger partial charge in [0.1, 0.15) is 0 Å². The maximum Gasteiger partial charge on any atom is 0.416 e. The lowest BCUT2D eigenvalue weighted by Crippen LogP contribution is -2.17. The lowest BCUT2D eigenvalue weighted by atomic mass is 10.1. The van der Waals surface area contributed by atoms with Crippen molar-refractivity contribution in [1.82, 2.24) is 0 Å². The number of anilines is 2. The molecule has 0 aliphatic heterocycles. The van der Waals surface area contributed by atoms with Crippen LogP contribution in [0.4, 0.5) is 24.5 Å². The molecule has 1 amide bonds. The first-order chi connectivity index (χ1) is 11.6. The molecule has 25 heavy (non-hydrogen) atoms. The number of carbonyl (C=O) groups excluding carboxylic acids is 1. The van der Waals surface area contributed by atoms with Crippen molar-refractivity contribution < 1.29 is 18.0 Å². The number of halogens is 3. The molecule has 2 aromatic rings. The summed E-state index contributed by atoms with van der Waals surface area (Å²) >= 11 is 0. The monoisotopic (exact) mass is 350 g/mol. The number of hydrogen-bond acceptors (Lipinski definition) is 2. The molecule has 0 saturated heterocycles. The molecule has 1 N–H and O–H groups in total. The summed E-state index contributed by atoms with van der Waals surface area (Å²) in [5, 5.41) is 2.81. The van der Waals surface area contributed by atoms with Crippen molar-refractivity contribution in [2.24, 2.45) is 0 Å². The van der Waals surface area contributed by atoms with E-state index in [1.165, 1.54) is 19.1 Å². The molecule has 0 saturated carbocycles. The van der Waals surface area contributed by atoms with Crippen LogP contribution in [0.2, 0.25) is 0 Å². The summed E-state index contributed by atoms with van der Waals surface area (Å²) in [5.74, 6) is -0.128. The number of amides is 1. The number of hydrogen-bond donors (Lipinski definition) is 1. The Morgan fingerprint density at radius 2 is 1.60 bits per heavy atom. The SMILES string of the molecule is CC(=O)Nc1c(C)cc(N(C)Cc2ccc(C(F)(F)F)cc2)cc1C. The first kappa shape index (κ1) is 18.8. The van der Waals surface area contributed by atoms with Gasteiger partial charge in [-0.1, -0.05) is 12.1 Å². The van der Waals surface area contributed by atoms with Gasteiger partial charge < -0.3 is 10.2 Å². The van der Waals surface area contributed by atoms with Crippen LogP contribution in [-0.4, -0.2) is 13.0 Å². The number of carbonyl (C=O) groups is 1. The van der Waals surface area contributed by atoms with Crippen LogP contribution < -0.4 is 10.2 Å². The van der Waals surface area contributed by atoms with Crippen LogP contribution in [-0.2, 0) is 17.5 Å². The van der Waals surface area contributed by atoms with Gasteiger partial charge in [0.05, 0.1) is 5.56 Å². The molecular weight excluding hydrogens is 329 g/mol. The Morgan fingerprint density at radius 1 is 1.08 bits per heavy atom. The molecular formula is C19H21F3N2O. The smallest absolute Gasteiger partial charge is 0.370 e. The van der Waals surface area contributed by atoms with Gasteiger partial charge in [-0.2, -0.15) is 13.2 Å². The third-order valence-corrected chi connectivity index (χ3v) is 3.96. The summed E-state index contributed by atoms with van der Waals surface area (Å²) in [7, 11) is 1.88. The molecule has 0 heterocycles. The highest BCUT2D eigenvalue weighted by Crippen LogP contribution is 2.30. The maximum atomic E-state index is 12.6. The van der Waals surface area contributed by atoms with Gasteiger partial charge in [-0.25, -0.2) is 0 Å². The van der Waals surface area contributed by atoms with Crippen molar-refractivity contribution in [3.8, 4) is 0 Å². The Balaban J connectivity index is 2.18. The Bertz CT molecular complexity index is 744. The Hall–Kier alpha value is -2.50. The van der Waals surface area contributed by atoms with E-state index in [9.17, 15) is 18.0 Å². The van der Waals surface area contributed by atoms with Crippen molar-refractivity contribution in [3.05, 3.63) is 58.7 Å². The van der Waals surface area contributed by atoms with Gasteiger partial charge in [0.2, 0.25) is 5.91 Å². The van der Waals surface area contributed by atoms with E-state index in [0.29, 0.717) is 6.54 Å². The van der Waals surface area contributed by atoms with E-state index in [-0.39, 0.29) is 5.91 Å². The average molecular weight is 350 g/mol. The summed E-state index contributed by atoms with van der Waals surface area (Å²) in [6.07, 6.45) is -4.32. The van der Waals surface area contributed by atoms with Gasteiger partial charge in [0.15, 0.2) is 0 Å². The summed E-state index contributed by atoms with van der Waals surface area (Å²) in [6.45, 7) is 5.77. The standard InChI is InChI=1S/C19H21F3N2O/c1-12-9-17(10-13(2)18(12)23-14(3)25)24(4)11-15-5-7-16(8-6-15)19(20,21)22/h5-10H,11H2,1-4H3,(H,23,25). The molecule has 2 rings (SSSR count). The fraction of sp³-hybridized carbons (Fsp3) is 0.316. The molecule has 0 bridgehead atoms. The minimum absolute atomic E-state index is 0.128. The van der Waals surface area contributed by atoms with E-state index in [0.717, 1.165) is 40.2 Å². The minimum atomic E-state index is -4.32. The average Bonchev–Trinajstić information content (AvgIpc) is 2.50. The first-order valence-corrected chi connectivity index (χ1v) is 7.84. The number of nitrogens with zero attached hydrogens (tertiary/aromatic N) is 1. The second-order valence-corrected chi connectivity index (χ2v) is 6.19. The van der Waals surface area contributed by atoms with Crippen LogP contribution in [0.15, 0.2) is 36.4 Å². The molecule has 0 radical (unpaired) electrons. The van der Waals surface area contributed by atoms with Crippen molar-refractivity contribution in [2.45, 2.75) is 33.5 Å². The second-order valence-electron chi connectivity index (χ2n) is 6.19. The molecule has 134 valence electrons. The predicted molar refractivity (Wildman–Crippen MR) is 93.8 cm³/mol. The van der Waals surface area contributed by atoms with Crippen molar-refractivity contribution in [1.29, 1.82) is 0 Å². The van der Waals surface area contributed by atoms with Crippen LogP contribution in [0, 0.1) is 13.8 Å². The van der Waals surface area contributed by atoms with E-state index < -0.39 is 11.7 Å². The fourth-order valence-corrected chi connectivity index (χ4v) is 2.70. The molecule has 0 aliphatic carbocycles. The van der Waals surface area contributed by atoms with E-state index in [4.69, 9.17) is 0 Å². The van der Waals surface area contributed by atoms with Crippen LogP contribution in [0.1, 0.15) is 29.2 Å². The van der Waals surface area contributed by atoms with Crippen LogP contribution in [0.3, 0.4) is 0 Å². The molecule has 3 nitrogen and oxygen atoms in total. The molecule has 0 unspecified atom stereocenters. The number of alkyl halides is 3. The Kier molecular flexibility index (Phi) is 5.40. The molecule has 0 fully saturated rings. The van der Waals surface area contributed by atoms with Gasteiger partial charge in [-0.05, 0) is 54.8 Å². The van der Waals surface area contributed by atoms with Crippen molar-refractivity contribution in [2.75, 3.05) is 17.3 Å². The maximum absolute atomic E-state index is 12.6. The number of nitrogens with one attached hydrogen (secondary N) is 1. The fourth-order valence-electron chi connectivity index (χ4n) is 2.70. The first-order valence-electron chi connectivity index (χ1n) is 7.84.